The summed E-state index contributed by atoms with van der Waals surface area (Å²) in [4.78, 5) is 33.7. The molecule has 0 saturated carbocycles. The van der Waals surface area contributed by atoms with E-state index >= 15 is 0 Å². The van der Waals surface area contributed by atoms with E-state index in [2.05, 4.69) is 16.1 Å². The maximum Gasteiger partial charge on any atom is 0.410 e. The summed E-state index contributed by atoms with van der Waals surface area (Å²) in [5.74, 6) is -1.41. The van der Waals surface area contributed by atoms with Crippen molar-refractivity contribution in [2.24, 2.45) is 0 Å². The second-order valence-electron chi connectivity index (χ2n) is 3.04. The van der Waals surface area contributed by atoms with Crippen molar-refractivity contribution in [3.63, 3.8) is 0 Å². The normalized spacial score (nSPS) is 19.1. The van der Waals surface area contributed by atoms with Crippen LogP contribution in [0.15, 0.2) is 12.7 Å². The molecule has 0 spiro atoms. The standard InChI is InChI=1S/C9H11NO6/c1-2-3-15-7(11)4-6-8(12)16-5-10(6)9(13)14/h2,6H,1,3-5H2,(H,13,14)/t6-/m0/s1. The number of amides is 1. The van der Waals surface area contributed by atoms with E-state index in [1.807, 2.05) is 0 Å². The minimum absolute atomic E-state index is 0.0215. The first kappa shape index (κ1) is 12.0. The summed E-state index contributed by atoms with van der Waals surface area (Å²) in [6.07, 6.45) is -0.286. The first-order valence-electron chi connectivity index (χ1n) is 4.49. The lowest BCUT2D eigenvalue weighted by Crippen LogP contribution is -2.38. The molecule has 0 radical (unpaired) electrons. The molecular weight excluding hydrogens is 218 g/mol. The number of rotatable bonds is 4. The van der Waals surface area contributed by atoms with Gasteiger partial charge in [-0.1, -0.05) is 12.7 Å². The molecule has 0 aromatic heterocycles. The number of carbonyl (C=O) groups is 3. The van der Waals surface area contributed by atoms with Crippen LogP contribution < -0.4 is 0 Å². The highest BCUT2D eigenvalue weighted by Crippen LogP contribution is 2.15. The second-order valence-corrected chi connectivity index (χ2v) is 3.04. The van der Waals surface area contributed by atoms with Crippen molar-refractivity contribution in [1.82, 2.24) is 4.90 Å². The molecule has 1 fully saturated rings. The highest BCUT2D eigenvalue weighted by atomic mass is 16.6. The van der Waals surface area contributed by atoms with Gasteiger partial charge in [-0.25, -0.2) is 9.59 Å². The van der Waals surface area contributed by atoms with Crippen LogP contribution in [0.3, 0.4) is 0 Å². The molecule has 7 heteroatoms. The van der Waals surface area contributed by atoms with Gasteiger partial charge in [0.25, 0.3) is 0 Å². The molecule has 0 aromatic carbocycles. The molecule has 1 saturated heterocycles. The van der Waals surface area contributed by atoms with Gasteiger partial charge < -0.3 is 14.6 Å². The average molecular weight is 229 g/mol. The van der Waals surface area contributed by atoms with E-state index in [1.54, 1.807) is 0 Å². The summed E-state index contributed by atoms with van der Waals surface area (Å²) < 4.78 is 9.17. The van der Waals surface area contributed by atoms with Crippen molar-refractivity contribution in [2.75, 3.05) is 13.3 Å². The summed E-state index contributed by atoms with van der Waals surface area (Å²) in [5, 5.41) is 8.72. The van der Waals surface area contributed by atoms with Gasteiger partial charge in [-0.15, -0.1) is 0 Å². The number of nitrogens with zero attached hydrogens (tertiary/aromatic N) is 1. The van der Waals surface area contributed by atoms with E-state index < -0.39 is 24.1 Å². The maximum absolute atomic E-state index is 11.2. The van der Waals surface area contributed by atoms with Crippen molar-refractivity contribution in [3.05, 3.63) is 12.7 Å². The zero-order valence-electron chi connectivity index (χ0n) is 8.42. The number of carbonyl (C=O) groups excluding carboxylic acids is 2. The molecule has 1 N–H and O–H groups in total. The molecule has 0 aliphatic carbocycles. The monoisotopic (exact) mass is 229 g/mol. The summed E-state index contributed by atoms with van der Waals surface area (Å²) in [5.41, 5.74) is 0. The second kappa shape index (κ2) is 5.15. The van der Waals surface area contributed by atoms with Gasteiger partial charge in [0.05, 0.1) is 6.42 Å². The van der Waals surface area contributed by atoms with E-state index in [-0.39, 0.29) is 19.8 Å². The quantitative estimate of drug-likeness (QED) is 0.537. The highest BCUT2D eigenvalue weighted by Gasteiger charge is 2.39. The lowest BCUT2D eigenvalue weighted by molar-refractivity contribution is -0.147. The molecule has 0 bridgehead atoms. The van der Waals surface area contributed by atoms with Gasteiger partial charge in [0.15, 0.2) is 6.73 Å². The van der Waals surface area contributed by atoms with Crippen LogP contribution >= 0.6 is 0 Å². The fraction of sp³-hybridized carbons (Fsp3) is 0.444. The van der Waals surface area contributed by atoms with Gasteiger partial charge in [-0.2, -0.15) is 0 Å². The van der Waals surface area contributed by atoms with Crippen LogP contribution in [0, 0.1) is 0 Å². The first-order chi connectivity index (χ1) is 7.56. The van der Waals surface area contributed by atoms with Gasteiger partial charge >= 0.3 is 18.0 Å². The molecule has 1 amide bonds. The van der Waals surface area contributed by atoms with Crippen molar-refractivity contribution >= 4 is 18.0 Å². The predicted octanol–water partition coefficient (Wildman–Crippen LogP) is -0.0314. The molecule has 1 aliphatic rings. The van der Waals surface area contributed by atoms with Crippen LogP contribution in [-0.4, -0.2) is 47.4 Å². The fourth-order valence-corrected chi connectivity index (χ4v) is 1.20. The van der Waals surface area contributed by atoms with Gasteiger partial charge in [-0.3, -0.25) is 9.69 Å². The minimum atomic E-state index is -1.31. The first-order valence-corrected chi connectivity index (χ1v) is 4.49. The van der Waals surface area contributed by atoms with Crippen LogP contribution in [0.4, 0.5) is 4.79 Å². The lowest BCUT2D eigenvalue weighted by Gasteiger charge is -2.15. The molecule has 1 aliphatic heterocycles. The number of ether oxygens (including phenoxy) is 2. The third-order valence-corrected chi connectivity index (χ3v) is 1.96. The van der Waals surface area contributed by atoms with E-state index in [0.717, 1.165) is 4.90 Å². The molecule has 0 aromatic rings. The van der Waals surface area contributed by atoms with Crippen LogP contribution in [0.2, 0.25) is 0 Å². The van der Waals surface area contributed by atoms with Crippen LogP contribution in [-0.2, 0) is 19.1 Å². The molecule has 1 heterocycles. The smallest absolute Gasteiger partial charge is 0.410 e. The highest BCUT2D eigenvalue weighted by molar-refractivity contribution is 5.87. The molecule has 88 valence electrons. The van der Waals surface area contributed by atoms with E-state index in [9.17, 15) is 14.4 Å². The van der Waals surface area contributed by atoms with Crippen LogP contribution in [0.5, 0.6) is 0 Å². The SMILES string of the molecule is C=CCOC(=O)C[C@H]1C(=O)OCN1C(=O)O. The Balaban J connectivity index is 2.56. The minimum Gasteiger partial charge on any atom is -0.465 e. The number of cyclic esters (lactones) is 1. The van der Waals surface area contributed by atoms with Crippen LogP contribution in [0.25, 0.3) is 0 Å². The third kappa shape index (κ3) is 2.72. The van der Waals surface area contributed by atoms with E-state index in [1.165, 1.54) is 6.08 Å². The average Bonchev–Trinajstić information content (AvgIpc) is 2.58. The number of carboxylic acid groups (broad SMARTS) is 1. The summed E-state index contributed by atoms with van der Waals surface area (Å²) in [6, 6.07) is -1.12. The Morgan fingerprint density at radius 1 is 1.69 bits per heavy atom. The van der Waals surface area contributed by atoms with E-state index in [4.69, 9.17) is 5.11 Å². The molecular formula is C9H11NO6. The van der Waals surface area contributed by atoms with E-state index in [0.29, 0.717) is 0 Å². The number of esters is 2. The number of hydrogen-bond donors (Lipinski definition) is 1. The molecule has 1 atom stereocenters. The Bertz CT molecular complexity index is 326. The van der Waals surface area contributed by atoms with Gasteiger partial charge in [0, 0.05) is 0 Å². The summed E-state index contributed by atoms with van der Waals surface area (Å²) in [6.45, 7) is 3.02. The Kier molecular flexibility index (Phi) is 3.87. The molecule has 7 nitrogen and oxygen atoms in total. The molecule has 0 unspecified atom stereocenters. The van der Waals surface area contributed by atoms with Gasteiger partial charge in [-0.05, 0) is 0 Å². The number of hydrogen-bond acceptors (Lipinski definition) is 5. The predicted molar refractivity (Wildman–Crippen MR) is 50.4 cm³/mol. The lowest BCUT2D eigenvalue weighted by atomic mass is 10.2. The zero-order valence-corrected chi connectivity index (χ0v) is 8.42. The Morgan fingerprint density at radius 2 is 2.38 bits per heavy atom. The van der Waals surface area contributed by atoms with Crippen LogP contribution in [0.1, 0.15) is 6.42 Å². The zero-order chi connectivity index (χ0) is 12.1. The summed E-state index contributed by atoms with van der Waals surface area (Å²) >= 11 is 0. The van der Waals surface area contributed by atoms with Crippen molar-refractivity contribution in [3.8, 4) is 0 Å². The van der Waals surface area contributed by atoms with Gasteiger partial charge in [0.2, 0.25) is 0 Å². The Hall–Kier alpha value is -2.05. The topological polar surface area (TPSA) is 93.1 Å². The fourth-order valence-electron chi connectivity index (χ4n) is 1.20. The van der Waals surface area contributed by atoms with Gasteiger partial charge in [0.1, 0.15) is 12.6 Å². The molecule has 1 rings (SSSR count). The Morgan fingerprint density at radius 3 is 2.94 bits per heavy atom. The van der Waals surface area contributed by atoms with Crippen molar-refractivity contribution in [2.45, 2.75) is 12.5 Å². The largest absolute Gasteiger partial charge is 0.465 e. The summed E-state index contributed by atoms with van der Waals surface area (Å²) in [7, 11) is 0. The maximum atomic E-state index is 11.2. The van der Waals surface area contributed by atoms with Crippen molar-refractivity contribution < 1.29 is 29.0 Å². The molecule has 16 heavy (non-hydrogen) atoms. The third-order valence-electron chi connectivity index (χ3n) is 1.96. The Labute approximate surface area is 91.2 Å². The van der Waals surface area contributed by atoms with Crippen molar-refractivity contribution in [1.29, 1.82) is 0 Å².